The minimum absolute atomic E-state index is 0.0909. The number of nitrogens with one attached hydrogen (secondary N) is 1. The third-order valence-corrected chi connectivity index (χ3v) is 5.74. The van der Waals surface area contributed by atoms with Crippen LogP contribution in [-0.4, -0.2) is 20.1 Å². The summed E-state index contributed by atoms with van der Waals surface area (Å²) in [7, 11) is -3.66. The Kier molecular flexibility index (Phi) is 5.01. The summed E-state index contributed by atoms with van der Waals surface area (Å²) < 4.78 is 27.9. The normalized spacial score (nSPS) is 13.1. The summed E-state index contributed by atoms with van der Waals surface area (Å²) in [4.78, 5) is 0.163. The van der Waals surface area contributed by atoms with Gasteiger partial charge < -0.3 is 5.11 Å². The minimum atomic E-state index is -3.66. The van der Waals surface area contributed by atoms with Gasteiger partial charge in [0, 0.05) is 11.0 Å². The number of sulfonamides is 1. The van der Waals surface area contributed by atoms with Gasteiger partial charge in [0.1, 0.15) is 0 Å². The molecule has 24 heavy (non-hydrogen) atoms. The molecule has 0 radical (unpaired) electrons. The van der Waals surface area contributed by atoms with Gasteiger partial charge in [0.2, 0.25) is 10.0 Å². The molecule has 3 aromatic rings. The maximum Gasteiger partial charge on any atom is 0.240 e. The van der Waals surface area contributed by atoms with Gasteiger partial charge >= 0.3 is 0 Å². The molecule has 0 amide bonds. The fourth-order valence-electron chi connectivity index (χ4n) is 2.54. The second-order valence-corrected chi connectivity index (χ2v) is 8.07. The summed E-state index contributed by atoms with van der Waals surface area (Å²) in [6.07, 6.45) is -0.929. The second kappa shape index (κ2) is 7.03. The zero-order chi connectivity index (χ0) is 17.2. The van der Waals surface area contributed by atoms with Crippen LogP contribution in [0.4, 0.5) is 0 Å². The molecule has 124 valence electrons. The molecule has 0 heterocycles. The Morgan fingerprint density at radius 1 is 0.958 bits per heavy atom. The fraction of sp³-hybridized carbons (Fsp3) is 0.111. The highest BCUT2D eigenvalue weighted by atomic mass is 79.9. The van der Waals surface area contributed by atoms with Crippen LogP contribution in [0.3, 0.4) is 0 Å². The summed E-state index contributed by atoms with van der Waals surface area (Å²) >= 11 is 3.27. The minimum Gasteiger partial charge on any atom is -0.387 e. The van der Waals surface area contributed by atoms with Crippen LogP contribution in [-0.2, 0) is 10.0 Å². The van der Waals surface area contributed by atoms with Crippen molar-refractivity contribution < 1.29 is 13.5 Å². The third kappa shape index (κ3) is 3.67. The number of aliphatic hydroxyl groups is 1. The zero-order valence-corrected chi connectivity index (χ0v) is 15.1. The van der Waals surface area contributed by atoms with Crippen molar-refractivity contribution in [3.8, 4) is 0 Å². The lowest BCUT2D eigenvalue weighted by Gasteiger charge is -2.15. The van der Waals surface area contributed by atoms with Gasteiger partial charge in [-0.05, 0) is 40.6 Å². The van der Waals surface area contributed by atoms with Gasteiger partial charge in [-0.3, -0.25) is 0 Å². The molecule has 2 N–H and O–H groups in total. The smallest absolute Gasteiger partial charge is 0.240 e. The molecule has 0 saturated carbocycles. The van der Waals surface area contributed by atoms with E-state index in [9.17, 15) is 13.5 Å². The first-order valence-electron chi connectivity index (χ1n) is 7.38. The van der Waals surface area contributed by atoms with Crippen LogP contribution in [0.25, 0.3) is 10.8 Å². The van der Waals surface area contributed by atoms with Crippen LogP contribution in [0.2, 0.25) is 0 Å². The Morgan fingerprint density at radius 3 is 2.38 bits per heavy atom. The van der Waals surface area contributed by atoms with Gasteiger partial charge in [-0.1, -0.05) is 58.4 Å². The Morgan fingerprint density at radius 2 is 1.62 bits per heavy atom. The van der Waals surface area contributed by atoms with Crippen molar-refractivity contribution in [2.24, 2.45) is 0 Å². The van der Waals surface area contributed by atoms with Crippen LogP contribution in [0, 0.1) is 0 Å². The highest BCUT2D eigenvalue weighted by Crippen LogP contribution is 2.24. The molecule has 6 heteroatoms. The average Bonchev–Trinajstić information content (AvgIpc) is 2.59. The van der Waals surface area contributed by atoms with E-state index in [0.717, 1.165) is 15.2 Å². The summed E-state index contributed by atoms with van der Waals surface area (Å²) in [5.74, 6) is 0. The van der Waals surface area contributed by atoms with Gasteiger partial charge in [0.15, 0.2) is 0 Å². The summed E-state index contributed by atoms with van der Waals surface area (Å²) in [6.45, 7) is -0.0909. The molecule has 0 bridgehead atoms. The molecule has 0 aromatic heterocycles. The Hall–Kier alpha value is -1.73. The molecular weight excluding hydrogens is 390 g/mol. The number of hydrogen-bond donors (Lipinski definition) is 2. The second-order valence-electron chi connectivity index (χ2n) is 5.39. The predicted octanol–water partition coefficient (Wildman–Crippen LogP) is 3.61. The van der Waals surface area contributed by atoms with Gasteiger partial charge in [0.05, 0.1) is 11.0 Å². The average molecular weight is 406 g/mol. The summed E-state index contributed by atoms with van der Waals surface area (Å²) in [5.41, 5.74) is 0.701. The summed E-state index contributed by atoms with van der Waals surface area (Å²) in [6, 6.07) is 19.6. The first-order valence-corrected chi connectivity index (χ1v) is 9.66. The van der Waals surface area contributed by atoms with Crippen LogP contribution < -0.4 is 4.72 Å². The van der Waals surface area contributed by atoms with E-state index in [1.807, 2.05) is 36.4 Å². The topological polar surface area (TPSA) is 66.4 Å². The SMILES string of the molecule is O=S(=O)(NCC(O)c1cccc2ccccc12)c1ccc(Br)cc1. The van der Waals surface area contributed by atoms with Crippen molar-refractivity contribution in [1.82, 2.24) is 4.72 Å². The monoisotopic (exact) mass is 405 g/mol. The predicted molar refractivity (Wildman–Crippen MR) is 98.2 cm³/mol. The van der Waals surface area contributed by atoms with Crippen molar-refractivity contribution in [3.63, 3.8) is 0 Å². The lowest BCUT2D eigenvalue weighted by molar-refractivity contribution is 0.183. The standard InChI is InChI=1S/C18H16BrNO3S/c19-14-8-10-15(11-9-14)24(22,23)20-12-18(21)17-7-3-5-13-4-1-2-6-16(13)17/h1-11,18,20-21H,12H2. The molecule has 0 spiro atoms. The van der Waals surface area contributed by atoms with E-state index in [2.05, 4.69) is 20.7 Å². The van der Waals surface area contributed by atoms with Crippen LogP contribution in [0.15, 0.2) is 76.1 Å². The molecule has 0 aliphatic heterocycles. The Balaban J connectivity index is 1.79. The molecule has 1 unspecified atom stereocenters. The van der Waals surface area contributed by atoms with E-state index in [1.54, 1.807) is 18.2 Å². The lowest BCUT2D eigenvalue weighted by atomic mass is 10.0. The van der Waals surface area contributed by atoms with Crippen LogP contribution in [0.1, 0.15) is 11.7 Å². The fourth-order valence-corrected chi connectivity index (χ4v) is 3.84. The van der Waals surface area contributed by atoms with E-state index < -0.39 is 16.1 Å². The van der Waals surface area contributed by atoms with Gasteiger partial charge in [-0.25, -0.2) is 13.1 Å². The molecule has 3 rings (SSSR count). The molecule has 0 fully saturated rings. The van der Waals surface area contributed by atoms with Gasteiger partial charge in [-0.15, -0.1) is 0 Å². The van der Waals surface area contributed by atoms with Crippen molar-refractivity contribution in [1.29, 1.82) is 0 Å². The number of fused-ring (bicyclic) bond motifs is 1. The number of hydrogen-bond acceptors (Lipinski definition) is 3. The zero-order valence-electron chi connectivity index (χ0n) is 12.7. The quantitative estimate of drug-likeness (QED) is 0.680. The Bertz CT molecular complexity index is 950. The Labute approximate surface area is 149 Å². The van der Waals surface area contributed by atoms with E-state index in [1.165, 1.54) is 12.1 Å². The van der Waals surface area contributed by atoms with Gasteiger partial charge in [0.25, 0.3) is 0 Å². The molecule has 0 aliphatic carbocycles. The van der Waals surface area contributed by atoms with E-state index in [4.69, 9.17) is 0 Å². The summed E-state index contributed by atoms with van der Waals surface area (Å²) in [5, 5.41) is 12.4. The molecule has 0 aliphatic rings. The third-order valence-electron chi connectivity index (χ3n) is 3.77. The van der Waals surface area contributed by atoms with Crippen LogP contribution in [0.5, 0.6) is 0 Å². The molecule has 0 saturated heterocycles. The van der Waals surface area contributed by atoms with E-state index >= 15 is 0 Å². The van der Waals surface area contributed by atoms with Crippen LogP contribution >= 0.6 is 15.9 Å². The molecule has 1 atom stereocenters. The molecular formula is C18H16BrNO3S. The van der Waals surface area contributed by atoms with Crippen molar-refractivity contribution in [2.45, 2.75) is 11.0 Å². The molecule has 4 nitrogen and oxygen atoms in total. The first kappa shape index (κ1) is 17.1. The van der Waals surface area contributed by atoms with E-state index in [-0.39, 0.29) is 11.4 Å². The maximum atomic E-state index is 12.3. The van der Waals surface area contributed by atoms with Gasteiger partial charge in [-0.2, -0.15) is 0 Å². The number of aliphatic hydroxyl groups excluding tert-OH is 1. The maximum absolute atomic E-state index is 12.3. The van der Waals surface area contributed by atoms with E-state index in [0.29, 0.717) is 5.56 Å². The lowest BCUT2D eigenvalue weighted by Crippen LogP contribution is -2.28. The number of rotatable bonds is 5. The number of benzene rings is 3. The van der Waals surface area contributed by atoms with Crippen molar-refractivity contribution in [3.05, 3.63) is 76.8 Å². The highest BCUT2D eigenvalue weighted by molar-refractivity contribution is 9.10. The van der Waals surface area contributed by atoms with Crippen molar-refractivity contribution in [2.75, 3.05) is 6.54 Å². The van der Waals surface area contributed by atoms with Crippen molar-refractivity contribution >= 4 is 36.7 Å². The number of halogens is 1. The molecule has 3 aromatic carbocycles. The largest absolute Gasteiger partial charge is 0.387 e. The first-order chi connectivity index (χ1) is 11.5. The highest BCUT2D eigenvalue weighted by Gasteiger charge is 2.17.